The van der Waals surface area contributed by atoms with Crippen LogP contribution in [-0.2, 0) is 0 Å². The quantitative estimate of drug-likeness (QED) is 0.777. The van der Waals surface area contributed by atoms with Gasteiger partial charge in [-0.2, -0.15) is 13.5 Å². The lowest BCUT2D eigenvalue weighted by atomic mass is 10.1. The molecule has 5 heteroatoms. The molecule has 1 atom stereocenters. The summed E-state index contributed by atoms with van der Waals surface area (Å²) in [6.07, 6.45) is 0. The zero-order chi connectivity index (χ0) is 10.3. The predicted molar refractivity (Wildman–Crippen MR) is 75.4 cm³/mol. The van der Waals surface area contributed by atoms with Crippen molar-refractivity contribution in [3.8, 4) is 0 Å². The third-order valence-electron chi connectivity index (χ3n) is 2.82. The lowest BCUT2D eigenvalue weighted by molar-refractivity contribution is 0.464. The Morgan fingerprint density at radius 2 is 2.31 bits per heavy atom. The van der Waals surface area contributed by atoms with E-state index in [9.17, 15) is 0 Å². The fraction of sp³-hybridized carbons (Fsp3) is 0.364. The zero-order valence-electron chi connectivity index (χ0n) is 8.89. The first-order chi connectivity index (χ1) is 7.33. The van der Waals surface area contributed by atoms with Gasteiger partial charge in [-0.25, -0.2) is 0 Å². The van der Waals surface area contributed by atoms with Gasteiger partial charge in [0.15, 0.2) is 5.17 Å². The Balaban J connectivity index is 0.000000963. The molecule has 1 fully saturated rings. The molecule has 2 heterocycles. The van der Waals surface area contributed by atoms with Crippen molar-refractivity contribution in [2.45, 2.75) is 6.04 Å². The van der Waals surface area contributed by atoms with Gasteiger partial charge in [0.1, 0.15) is 0 Å². The number of fused-ring (bicyclic) bond motifs is 1. The van der Waals surface area contributed by atoms with E-state index in [1.165, 1.54) is 16.5 Å². The normalized spacial score (nSPS) is 22.6. The molecule has 0 spiro atoms. The molecule has 2 aliphatic heterocycles. The van der Waals surface area contributed by atoms with E-state index >= 15 is 0 Å². The van der Waals surface area contributed by atoms with Crippen molar-refractivity contribution in [1.29, 1.82) is 0 Å². The number of amidine groups is 1. The highest BCUT2D eigenvalue weighted by molar-refractivity contribution is 8.14. The van der Waals surface area contributed by atoms with Crippen LogP contribution in [0.1, 0.15) is 11.6 Å². The molecule has 86 valence electrons. The first kappa shape index (κ1) is 11.7. The third kappa shape index (κ3) is 2.01. The second kappa shape index (κ2) is 4.59. The fourth-order valence-corrected chi connectivity index (χ4v) is 3.10. The highest BCUT2D eigenvalue weighted by atomic mass is 32.2. The van der Waals surface area contributed by atoms with Gasteiger partial charge in [-0.1, -0.05) is 23.9 Å². The topological polar surface area (TPSA) is 41.6 Å². The Hall–Kier alpha value is -0.810. The van der Waals surface area contributed by atoms with Crippen LogP contribution in [0.2, 0.25) is 0 Å². The molecule has 0 amide bonds. The Labute approximate surface area is 107 Å². The summed E-state index contributed by atoms with van der Waals surface area (Å²) >= 11 is 1.86. The molecule has 0 saturated carbocycles. The summed E-state index contributed by atoms with van der Waals surface area (Å²) in [6, 6.07) is 8.35. The van der Waals surface area contributed by atoms with Crippen LogP contribution in [0.5, 0.6) is 0 Å². The molecule has 0 radical (unpaired) electrons. The highest BCUT2D eigenvalue weighted by Crippen LogP contribution is 2.32. The summed E-state index contributed by atoms with van der Waals surface area (Å²) in [5.74, 6) is 1.18. The molecular formula is C11H15N3S2. The van der Waals surface area contributed by atoms with Crippen LogP contribution in [0, 0.1) is 0 Å². The molecule has 2 N–H and O–H groups in total. The van der Waals surface area contributed by atoms with Crippen molar-refractivity contribution in [3.05, 3.63) is 29.8 Å². The van der Waals surface area contributed by atoms with Crippen LogP contribution >= 0.6 is 25.3 Å². The van der Waals surface area contributed by atoms with Crippen LogP contribution in [0.3, 0.4) is 0 Å². The molecule has 1 aromatic rings. The highest BCUT2D eigenvalue weighted by Gasteiger charge is 2.29. The van der Waals surface area contributed by atoms with Crippen LogP contribution in [-0.4, -0.2) is 28.9 Å². The first-order valence-corrected chi connectivity index (χ1v) is 6.12. The molecule has 0 aliphatic carbocycles. The van der Waals surface area contributed by atoms with Gasteiger partial charge in [-0.05, 0) is 17.7 Å². The monoisotopic (exact) mass is 253 g/mol. The summed E-state index contributed by atoms with van der Waals surface area (Å²) in [5.41, 5.74) is 7.83. The molecule has 3 nitrogen and oxygen atoms in total. The second-order valence-electron chi connectivity index (χ2n) is 3.89. The Bertz CT molecular complexity index is 419. The van der Waals surface area contributed by atoms with Crippen molar-refractivity contribution >= 4 is 36.1 Å². The van der Waals surface area contributed by atoms with Crippen molar-refractivity contribution in [2.75, 3.05) is 24.6 Å². The van der Waals surface area contributed by atoms with E-state index < -0.39 is 0 Å². The van der Waals surface area contributed by atoms with E-state index in [0.29, 0.717) is 0 Å². The van der Waals surface area contributed by atoms with Crippen molar-refractivity contribution in [2.24, 2.45) is 4.99 Å². The number of thioether (sulfide) groups is 1. The maximum atomic E-state index is 5.77. The number of nitrogens with two attached hydrogens (primary N) is 1. The number of aliphatic imine (C=N–C) groups is 1. The molecule has 1 aromatic carbocycles. The van der Waals surface area contributed by atoms with Crippen LogP contribution in [0.4, 0.5) is 5.69 Å². The van der Waals surface area contributed by atoms with Crippen LogP contribution in [0.15, 0.2) is 29.3 Å². The average molecular weight is 253 g/mol. The average Bonchev–Trinajstić information content (AvgIpc) is 2.76. The number of hydrogen-bond donors (Lipinski definition) is 1. The van der Waals surface area contributed by atoms with Gasteiger partial charge in [0, 0.05) is 24.5 Å². The molecule has 0 aromatic heterocycles. The van der Waals surface area contributed by atoms with Gasteiger partial charge < -0.3 is 10.6 Å². The number of benzene rings is 1. The van der Waals surface area contributed by atoms with Gasteiger partial charge >= 0.3 is 0 Å². The number of rotatable bonds is 1. The Kier molecular flexibility index (Phi) is 3.35. The maximum Gasteiger partial charge on any atom is 0.160 e. The molecular weight excluding hydrogens is 238 g/mol. The fourth-order valence-electron chi connectivity index (χ4n) is 2.05. The third-order valence-corrected chi connectivity index (χ3v) is 3.83. The van der Waals surface area contributed by atoms with Gasteiger partial charge in [-0.15, -0.1) is 0 Å². The summed E-state index contributed by atoms with van der Waals surface area (Å²) in [5, 5.41) is 1.21. The van der Waals surface area contributed by atoms with E-state index in [2.05, 4.69) is 11.0 Å². The Morgan fingerprint density at radius 1 is 1.44 bits per heavy atom. The number of nitrogens with zero attached hydrogens (tertiary/aromatic N) is 2. The minimum absolute atomic E-state index is 0. The van der Waals surface area contributed by atoms with Crippen molar-refractivity contribution in [1.82, 2.24) is 4.90 Å². The molecule has 2 aliphatic rings. The van der Waals surface area contributed by atoms with E-state index in [4.69, 9.17) is 10.7 Å². The van der Waals surface area contributed by atoms with Gasteiger partial charge in [0.2, 0.25) is 0 Å². The number of anilines is 1. The predicted octanol–water partition coefficient (Wildman–Crippen LogP) is 1.84. The van der Waals surface area contributed by atoms with Gasteiger partial charge in [-0.3, -0.25) is 4.99 Å². The van der Waals surface area contributed by atoms with Gasteiger partial charge in [0.05, 0.1) is 6.04 Å². The lowest BCUT2D eigenvalue weighted by Gasteiger charge is -2.12. The largest absolute Gasteiger partial charge is 0.399 e. The van der Waals surface area contributed by atoms with E-state index in [-0.39, 0.29) is 19.5 Å². The first-order valence-electron chi connectivity index (χ1n) is 5.14. The maximum absolute atomic E-state index is 5.77. The number of nitrogen functional groups attached to an aromatic ring is 1. The van der Waals surface area contributed by atoms with Crippen LogP contribution < -0.4 is 5.73 Å². The Morgan fingerprint density at radius 3 is 3.06 bits per heavy atom. The second-order valence-corrected chi connectivity index (χ2v) is 4.95. The van der Waals surface area contributed by atoms with Crippen molar-refractivity contribution in [3.63, 3.8) is 0 Å². The summed E-state index contributed by atoms with van der Waals surface area (Å²) in [6.45, 7) is 2.16. The van der Waals surface area contributed by atoms with Gasteiger partial charge in [0.25, 0.3) is 0 Å². The minimum Gasteiger partial charge on any atom is -0.399 e. The van der Waals surface area contributed by atoms with E-state index in [0.717, 1.165) is 18.8 Å². The molecule has 1 saturated heterocycles. The molecule has 3 rings (SSSR count). The standard InChI is InChI=1S/C11H13N3S.H2S/c12-9-3-1-2-8(6-9)10-7-14-4-5-15-11(14)13-10;/h1-3,6,10H,4-5,7,12H2;1H2/t10-;/m1./s1. The lowest BCUT2D eigenvalue weighted by Crippen LogP contribution is -2.21. The molecule has 0 unspecified atom stereocenters. The summed E-state index contributed by atoms with van der Waals surface area (Å²) < 4.78 is 0. The molecule has 16 heavy (non-hydrogen) atoms. The van der Waals surface area contributed by atoms with Crippen LogP contribution in [0.25, 0.3) is 0 Å². The number of hydrogen-bond acceptors (Lipinski definition) is 4. The SMILES string of the molecule is Nc1cccc([C@H]2CN3CCSC3=N2)c1.S. The molecule has 0 bridgehead atoms. The summed E-state index contributed by atoms with van der Waals surface area (Å²) in [4.78, 5) is 7.07. The van der Waals surface area contributed by atoms with Crippen molar-refractivity contribution < 1.29 is 0 Å². The minimum atomic E-state index is 0. The zero-order valence-corrected chi connectivity index (χ0v) is 10.7. The van der Waals surface area contributed by atoms with E-state index in [1.54, 1.807) is 0 Å². The smallest absolute Gasteiger partial charge is 0.160 e. The summed E-state index contributed by atoms with van der Waals surface area (Å²) in [7, 11) is 0. The van der Waals surface area contributed by atoms with E-state index in [1.807, 2.05) is 30.0 Å².